The van der Waals surface area contributed by atoms with Gasteiger partial charge in [0.15, 0.2) is 0 Å². The fraction of sp³-hybridized carbons (Fsp3) is 0.250. The third kappa shape index (κ3) is 2.35. The number of carbonyl (C=O) groups is 1. The Morgan fingerprint density at radius 2 is 2.29 bits per heavy atom. The van der Waals surface area contributed by atoms with Gasteiger partial charge in [-0.1, -0.05) is 6.07 Å². The minimum Gasteiger partial charge on any atom is -0.481 e. The summed E-state index contributed by atoms with van der Waals surface area (Å²) in [7, 11) is 1.96. The van der Waals surface area contributed by atoms with Gasteiger partial charge in [-0.3, -0.25) is 4.79 Å². The first-order valence-corrected chi connectivity index (χ1v) is 6.00. The van der Waals surface area contributed by atoms with Crippen molar-refractivity contribution < 1.29 is 9.90 Å². The maximum absolute atomic E-state index is 10.6. The summed E-state index contributed by atoms with van der Waals surface area (Å²) in [6, 6.07) is 5.30. The normalized spacial score (nSPS) is 12.9. The van der Waals surface area contributed by atoms with Gasteiger partial charge in [-0.25, -0.2) is 0 Å². The van der Waals surface area contributed by atoms with Crippen LogP contribution in [0, 0.1) is 0 Å². The molecule has 1 aromatic carbocycles. The van der Waals surface area contributed by atoms with Gasteiger partial charge in [0, 0.05) is 34.7 Å². The molecule has 1 atom stereocenters. The van der Waals surface area contributed by atoms with Gasteiger partial charge in [0.05, 0.1) is 6.42 Å². The first kappa shape index (κ1) is 12.1. The van der Waals surface area contributed by atoms with Crippen molar-refractivity contribution in [2.75, 3.05) is 0 Å². The van der Waals surface area contributed by atoms with Crippen molar-refractivity contribution in [1.29, 1.82) is 0 Å². The summed E-state index contributed by atoms with van der Waals surface area (Å²) in [4.78, 5) is 10.6. The number of hydrogen-bond donors (Lipinski definition) is 2. The second kappa shape index (κ2) is 4.50. The molecule has 3 N–H and O–H groups in total. The molecule has 0 saturated heterocycles. The van der Waals surface area contributed by atoms with Crippen molar-refractivity contribution in [1.82, 2.24) is 4.57 Å². The van der Waals surface area contributed by atoms with Crippen LogP contribution in [-0.2, 0) is 11.8 Å². The molecule has 2 rings (SSSR count). The molecule has 1 aromatic heterocycles. The molecular weight excluding hydrogens is 284 g/mol. The number of hydrogen-bond acceptors (Lipinski definition) is 2. The lowest BCUT2D eigenvalue weighted by Crippen LogP contribution is -2.14. The van der Waals surface area contributed by atoms with Crippen LogP contribution in [-0.4, -0.2) is 15.6 Å². The number of nitrogens with two attached hydrogens (primary N) is 1. The maximum atomic E-state index is 10.6. The molecule has 0 aliphatic carbocycles. The van der Waals surface area contributed by atoms with Crippen molar-refractivity contribution in [2.45, 2.75) is 12.5 Å². The van der Waals surface area contributed by atoms with Crippen LogP contribution in [0.4, 0.5) is 0 Å². The van der Waals surface area contributed by atoms with E-state index in [1.165, 1.54) is 0 Å². The summed E-state index contributed by atoms with van der Waals surface area (Å²) in [6.07, 6.45) is 1.91. The van der Waals surface area contributed by atoms with Crippen LogP contribution in [0.1, 0.15) is 18.0 Å². The fourth-order valence-corrected chi connectivity index (χ4v) is 2.52. The number of carboxylic acids is 1. The van der Waals surface area contributed by atoms with E-state index >= 15 is 0 Å². The number of fused-ring (bicyclic) bond motifs is 1. The van der Waals surface area contributed by atoms with Crippen LogP contribution in [0.3, 0.4) is 0 Å². The van der Waals surface area contributed by atoms with Gasteiger partial charge in [-0.05, 0) is 33.6 Å². The molecule has 0 amide bonds. The third-order valence-electron chi connectivity index (χ3n) is 2.79. The summed E-state index contributed by atoms with van der Waals surface area (Å²) in [5, 5.41) is 9.77. The SMILES string of the molecule is Cn1cc(Br)c2cc(C(N)CC(=O)O)ccc21. The van der Waals surface area contributed by atoms with E-state index in [1.807, 2.05) is 36.0 Å². The Morgan fingerprint density at radius 3 is 2.94 bits per heavy atom. The van der Waals surface area contributed by atoms with Gasteiger partial charge in [0.1, 0.15) is 0 Å². The lowest BCUT2D eigenvalue weighted by atomic mass is 10.0. The highest BCUT2D eigenvalue weighted by Gasteiger charge is 2.12. The van der Waals surface area contributed by atoms with E-state index in [2.05, 4.69) is 15.9 Å². The number of rotatable bonds is 3. The van der Waals surface area contributed by atoms with Crippen LogP contribution in [0.25, 0.3) is 10.9 Å². The Morgan fingerprint density at radius 1 is 1.59 bits per heavy atom. The van der Waals surface area contributed by atoms with E-state index in [4.69, 9.17) is 10.8 Å². The quantitative estimate of drug-likeness (QED) is 0.914. The Labute approximate surface area is 107 Å². The highest BCUT2D eigenvalue weighted by molar-refractivity contribution is 9.10. The summed E-state index contributed by atoms with van der Waals surface area (Å²) >= 11 is 3.47. The highest BCUT2D eigenvalue weighted by atomic mass is 79.9. The largest absolute Gasteiger partial charge is 0.481 e. The summed E-state index contributed by atoms with van der Waals surface area (Å²) < 4.78 is 2.99. The number of aliphatic carboxylic acids is 1. The van der Waals surface area contributed by atoms with E-state index in [-0.39, 0.29) is 6.42 Å². The molecule has 0 fully saturated rings. The molecule has 0 saturated carbocycles. The van der Waals surface area contributed by atoms with Crippen molar-refractivity contribution in [3.8, 4) is 0 Å². The second-order valence-corrected chi connectivity index (χ2v) is 4.92. The zero-order valence-corrected chi connectivity index (χ0v) is 10.9. The van der Waals surface area contributed by atoms with Gasteiger partial charge in [-0.2, -0.15) is 0 Å². The Balaban J connectivity index is 2.44. The zero-order valence-electron chi connectivity index (χ0n) is 9.35. The molecule has 5 heteroatoms. The first-order chi connectivity index (χ1) is 7.99. The number of aryl methyl sites for hydroxylation is 1. The van der Waals surface area contributed by atoms with E-state index in [1.54, 1.807) is 0 Å². The molecule has 17 heavy (non-hydrogen) atoms. The molecule has 0 aliphatic heterocycles. The molecule has 1 unspecified atom stereocenters. The van der Waals surface area contributed by atoms with Crippen LogP contribution in [0.15, 0.2) is 28.9 Å². The average molecular weight is 297 g/mol. The molecule has 90 valence electrons. The monoisotopic (exact) mass is 296 g/mol. The zero-order chi connectivity index (χ0) is 12.6. The number of carboxylic acid groups (broad SMARTS) is 1. The summed E-state index contributed by atoms with van der Waals surface area (Å²) in [6.45, 7) is 0. The molecule has 0 spiro atoms. The van der Waals surface area contributed by atoms with E-state index in [9.17, 15) is 4.79 Å². The predicted molar refractivity (Wildman–Crippen MR) is 69.8 cm³/mol. The number of halogens is 1. The molecule has 1 heterocycles. The Hall–Kier alpha value is -1.33. The number of benzene rings is 1. The van der Waals surface area contributed by atoms with Gasteiger partial charge in [0.2, 0.25) is 0 Å². The van der Waals surface area contributed by atoms with E-state index < -0.39 is 12.0 Å². The van der Waals surface area contributed by atoms with E-state index in [0.29, 0.717) is 0 Å². The van der Waals surface area contributed by atoms with Crippen LogP contribution >= 0.6 is 15.9 Å². The Kier molecular flexibility index (Phi) is 3.22. The molecule has 4 nitrogen and oxygen atoms in total. The van der Waals surface area contributed by atoms with Gasteiger partial charge >= 0.3 is 5.97 Å². The molecule has 0 radical (unpaired) electrons. The minimum absolute atomic E-state index is 0.0596. The molecule has 0 bridgehead atoms. The lowest BCUT2D eigenvalue weighted by Gasteiger charge is -2.09. The minimum atomic E-state index is -0.885. The Bertz CT molecular complexity index is 577. The van der Waals surface area contributed by atoms with Crippen molar-refractivity contribution in [3.63, 3.8) is 0 Å². The van der Waals surface area contributed by atoms with Crippen molar-refractivity contribution in [2.24, 2.45) is 12.8 Å². The topological polar surface area (TPSA) is 68.2 Å². The second-order valence-electron chi connectivity index (χ2n) is 4.07. The first-order valence-electron chi connectivity index (χ1n) is 5.21. The van der Waals surface area contributed by atoms with Crippen molar-refractivity contribution in [3.05, 3.63) is 34.4 Å². The number of nitrogens with zero attached hydrogens (tertiary/aromatic N) is 1. The van der Waals surface area contributed by atoms with E-state index in [0.717, 1.165) is 20.9 Å². The van der Waals surface area contributed by atoms with Crippen LogP contribution in [0.2, 0.25) is 0 Å². The standard InChI is InChI=1S/C12H13BrN2O2/c1-15-6-9(13)8-4-7(2-3-11(8)15)10(14)5-12(16)17/h2-4,6,10H,5,14H2,1H3,(H,16,17). The van der Waals surface area contributed by atoms with Gasteiger partial charge in [0.25, 0.3) is 0 Å². The predicted octanol–water partition coefficient (Wildman–Crippen LogP) is 2.42. The third-order valence-corrected chi connectivity index (χ3v) is 3.42. The fourth-order valence-electron chi connectivity index (χ4n) is 1.90. The molecular formula is C12H13BrN2O2. The lowest BCUT2D eigenvalue weighted by molar-refractivity contribution is -0.137. The van der Waals surface area contributed by atoms with Gasteiger partial charge in [-0.15, -0.1) is 0 Å². The molecule has 2 aromatic rings. The number of aromatic nitrogens is 1. The highest BCUT2D eigenvalue weighted by Crippen LogP contribution is 2.28. The van der Waals surface area contributed by atoms with Crippen LogP contribution < -0.4 is 5.73 Å². The maximum Gasteiger partial charge on any atom is 0.305 e. The summed E-state index contributed by atoms with van der Waals surface area (Å²) in [5.41, 5.74) is 7.77. The smallest absolute Gasteiger partial charge is 0.305 e. The average Bonchev–Trinajstić information content (AvgIpc) is 2.53. The van der Waals surface area contributed by atoms with Crippen LogP contribution in [0.5, 0.6) is 0 Å². The molecule has 0 aliphatic rings. The van der Waals surface area contributed by atoms with Crippen molar-refractivity contribution >= 4 is 32.8 Å². The summed E-state index contributed by atoms with van der Waals surface area (Å²) in [5.74, 6) is -0.885. The van der Waals surface area contributed by atoms with Gasteiger partial charge < -0.3 is 15.4 Å².